The van der Waals surface area contributed by atoms with Gasteiger partial charge in [0, 0.05) is 18.8 Å². The fourth-order valence-electron chi connectivity index (χ4n) is 2.79. The Hall–Kier alpha value is -1.02. The normalized spacial score (nSPS) is 19.1. The minimum Gasteiger partial charge on any atom is -0.399 e. The third-order valence-electron chi connectivity index (χ3n) is 3.89. The van der Waals surface area contributed by atoms with Crippen LogP contribution < -0.4 is 11.1 Å². The third kappa shape index (κ3) is 3.74. The van der Waals surface area contributed by atoms with Gasteiger partial charge in [-0.15, -0.1) is 0 Å². The van der Waals surface area contributed by atoms with Crippen LogP contribution in [0.1, 0.15) is 44.6 Å². The zero-order chi connectivity index (χ0) is 12.1. The summed E-state index contributed by atoms with van der Waals surface area (Å²) in [5.41, 5.74) is 8.42. The van der Waals surface area contributed by atoms with E-state index in [1.807, 2.05) is 12.1 Å². The van der Waals surface area contributed by atoms with E-state index in [0.717, 1.165) is 18.8 Å². The molecule has 0 saturated heterocycles. The molecular formula is C15H24N2. The van der Waals surface area contributed by atoms with Gasteiger partial charge in [-0.25, -0.2) is 0 Å². The Kier molecular flexibility index (Phi) is 4.06. The van der Waals surface area contributed by atoms with Crippen LogP contribution in [-0.2, 0) is 6.54 Å². The lowest BCUT2D eigenvalue weighted by molar-refractivity contribution is 0.207. The molecule has 2 heteroatoms. The van der Waals surface area contributed by atoms with Crippen LogP contribution >= 0.6 is 0 Å². The molecule has 1 aliphatic carbocycles. The SMILES string of the molecule is CC1(CNCc2cccc(N)c2)CCCCC1. The molecule has 0 atom stereocenters. The maximum atomic E-state index is 5.77. The molecule has 0 aromatic heterocycles. The van der Waals surface area contributed by atoms with Gasteiger partial charge in [-0.1, -0.05) is 38.3 Å². The Morgan fingerprint density at radius 2 is 2.00 bits per heavy atom. The highest BCUT2D eigenvalue weighted by Gasteiger charge is 2.25. The average molecular weight is 232 g/mol. The summed E-state index contributed by atoms with van der Waals surface area (Å²) in [5.74, 6) is 0. The van der Waals surface area contributed by atoms with Crippen molar-refractivity contribution in [2.24, 2.45) is 5.41 Å². The molecule has 0 bridgehead atoms. The fraction of sp³-hybridized carbons (Fsp3) is 0.600. The highest BCUT2D eigenvalue weighted by atomic mass is 14.9. The lowest BCUT2D eigenvalue weighted by atomic mass is 9.76. The predicted octanol–water partition coefficient (Wildman–Crippen LogP) is 3.33. The third-order valence-corrected chi connectivity index (χ3v) is 3.89. The maximum Gasteiger partial charge on any atom is 0.0317 e. The molecule has 3 N–H and O–H groups in total. The monoisotopic (exact) mass is 232 g/mol. The number of nitrogens with one attached hydrogen (secondary N) is 1. The first kappa shape index (κ1) is 12.4. The summed E-state index contributed by atoms with van der Waals surface area (Å²) in [6, 6.07) is 8.14. The summed E-state index contributed by atoms with van der Waals surface area (Å²) in [6.45, 7) is 4.47. The van der Waals surface area contributed by atoms with Crippen molar-refractivity contribution >= 4 is 5.69 Å². The maximum absolute atomic E-state index is 5.77. The molecule has 0 amide bonds. The molecule has 1 fully saturated rings. The minimum atomic E-state index is 0.512. The van der Waals surface area contributed by atoms with Crippen LogP contribution in [0, 0.1) is 5.41 Å². The van der Waals surface area contributed by atoms with E-state index in [4.69, 9.17) is 5.73 Å². The Labute approximate surface area is 105 Å². The van der Waals surface area contributed by atoms with Gasteiger partial charge in [-0.05, 0) is 36.0 Å². The molecule has 0 heterocycles. The first-order chi connectivity index (χ1) is 8.18. The van der Waals surface area contributed by atoms with E-state index in [1.165, 1.54) is 37.7 Å². The minimum absolute atomic E-state index is 0.512. The first-order valence-electron chi connectivity index (χ1n) is 6.73. The average Bonchev–Trinajstić information content (AvgIpc) is 2.30. The summed E-state index contributed by atoms with van der Waals surface area (Å²) in [5, 5.41) is 3.58. The van der Waals surface area contributed by atoms with E-state index in [1.54, 1.807) is 0 Å². The Balaban J connectivity index is 1.79. The lowest BCUT2D eigenvalue weighted by Gasteiger charge is -2.33. The van der Waals surface area contributed by atoms with Crippen LogP contribution in [0.15, 0.2) is 24.3 Å². The molecule has 0 spiro atoms. The quantitative estimate of drug-likeness (QED) is 0.781. The van der Waals surface area contributed by atoms with Gasteiger partial charge in [0.25, 0.3) is 0 Å². The number of hydrogen-bond acceptors (Lipinski definition) is 2. The van der Waals surface area contributed by atoms with Crippen molar-refractivity contribution in [3.8, 4) is 0 Å². The Bertz CT molecular complexity index is 354. The second-order valence-electron chi connectivity index (χ2n) is 5.72. The number of hydrogen-bond donors (Lipinski definition) is 2. The van der Waals surface area contributed by atoms with Gasteiger partial charge in [0.05, 0.1) is 0 Å². The summed E-state index contributed by atoms with van der Waals surface area (Å²) in [7, 11) is 0. The summed E-state index contributed by atoms with van der Waals surface area (Å²) < 4.78 is 0. The first-order valence-corrected chi connectivity index (χ1v) is 6.73. The molecule has 0 radical (unpaired) electrons. The zero-order valence-corrected chi connectivity index (χ0v) is 10.8. The smallest absolute Gasteiger partial charge is 0.0317 e. The van der Waals surface area contributed by atoms with Crippen molar-refractivity contribution in [1.29, 1.82) is 0 Å². The second kappa shape index (κ2) is 5.54. The number of nitrogen functional groups attached to an aromatic ring is 1. The highest BCUT2D eigenvalue weighted by molar-refractivity contribution is 5.40. The lowest BCUT2D eigenvalue weighted by Crippen LogP contribution is -2.33. The molecule has 2 nitrogen and oxygen atoms in total. The molecule has 0 aliphatic heterocycles. The Morgan fingerprint density at radius 1 is 1.24 bits per heavy atom. The van der Waals surface area contributed by atoms with Gasteiger partial charge in [-0.2, -0.15) is 0 Å². The molecule has 1 aromatic rings. The largest absolute Gasteiger partial charge is 0.399 e. The number of benzene rings is 1. The van der Waals surface area contributed by atoms with Gasteiger partial charge < -0.3 is 11.1 Å². The fourth-order valence-corrected chi connectivity index (χ4v) is 2.79. The predicted molar refractivity (Wildman–Crippen MR) is 73.8 cm³/mol. The van der Waals surface area contributed by atoms with Crippen LogP contribution in [-0.4, -0.2) is 6.54 Å². The zero-order valence-electron chi connectivity index (χ0n) is 10.8. The van der Waals surface area contributed by atoms with Crippen LogP contribution in [0.4, 0.5) is 5.69 Å². The van der Waals surface area contributed by atoms with Crippen molar-refractivity contribution in [3.05, 3.63) is 29.8 Å². The topological polar surface area (TPSA) is 38.0 Å². The van der Waals surface area contributed by atoms with E-state index in [2.05, 4.69) is 24.4 Å². The number of nitrogens with two attached hydrogens (primary N) is 1. The Morgan fingerprint density at radius 3 is 2.71 bits per heavy atom. The molecule has 1 saturated carbocycles. The molecule has 1 aliphatic rings. The highest BCUT2D eigenvalue weighted by Crippen LogP contribution is 2.34. The van der Waals surface area contributed by atoms with Crippen molar-refractivity contribution < 1.29 is 0 Å². The number of rotatable bonds is 4. The van der Waals surface area contributed by atoms with E-state index in [0.29, 0.717) is 5.41 Å². The molecule has 0 unspecified atom stereocenters. The molecule has 17 heavy (non-hydrogen) atoms. The van der Waals surface area contributed by atoms with Gasteiger partial charge in [0.15, 0.2) is 0 Å². The standard InChI is InChI=1S/C15H24N2/c1-15(8-3-2-4-9-15)12-17-11-13-6-5-7-14(16)10-13/h5-7,10,17H,2-4,8-9,11-12,16H2,1H3. The summed E-state index contributed by atoms with van der Waals surface area (Å²) >= 11 is 0. The van der Waals surface area contributed by atoms with Crippen LogP contribution in [0.3, 0.4) is 0 Å². The second-order valence-corrected chi connectivity index (χ2v) is 5.72. The van der Waals surface area contributed by atoms with E-state index in [9.17, 15) is 0 Å². The van der Waals surface area contributed by atoms with Gasteiger partial charge >= 0.3 is 0 Å². The van der Waals surface area contributed by atoms with Crippen molar-refractivity contribution in [2.45, 2.75) is 45.6 Å². The molecular weight excluding hydrogens is 208 g/mol. The number of anilines is 1. The summed E-state index contributed by atoms with van der Waals surface area (Å²) in [6.07, 6.45) is 6.96. The van der Waals surface area contributed by atoms with Crippen LogP contribution in [0.25, 0.3) is 0 Å². The van der Waals surface area contributed by atoms with Gasteiger partial charge in [-0.3, -0.25) is 0 Å². The van der Waals surface area contributed by atoms with Crippen LogP contribution in [0.2, 0.25) is 0 Å². The van der Waals surface area contributed by atoms with Crippen molar-refractivity contribution in [1.82, 2.24) is 5.32 Å². The van der Waals surface area contributed by atoms with Crippen molar-refractivity contribution in [2.75, 3.05) is 12.3 Å². The van der Waals surface area contributed by atoms with Gasteiger partial charge in [0.2, 0.25) is 0 Å². The molecule has 1 aromatic carbocycles. The van der Waals surface area contributed by atoms with E-state index < -0.39 is 0 Å². The molecule has 2 rings (SSSR count). The van der Waals surface area contributed by atoms with E-state index >= 15 is 0 Å². The molecule has 94 valence electrons. The van der Waals surface area contributed by atoms with Gasteiger partial charge in [0.1, 0.15) is 0 Å². The van der Waals surface area contributed by atoms with E-state index in [-0.39, 0.29) is 0 Å². The summed E-state index contributed by atoms with van der Waals surface area (Å²) in [4.78, 5) is 0. The van der Waals surface area contributed by atoms with Crippen LogP contribution in [0.5, 0.6) is 0 Å². The van der Waals surface area contributed by atoms with Crippen molar-refractivity contribution in [3.63, 3.8) is 0 Å².